The van der Waals surface area contributed by atoms with Crippen LogP contribution < -0.4 is 5.32 Å². The summed E-state index contributed by atoms with van der Waals surface area (Å²) in [6.45, 7) is 2.04. The molecule has 0 spiro atoms. The van der Waals surface area contributed by atoms with E-state index in [-0.39, 0.29) is 5.91 Å². The van der Waals surface area contributed by atoms with Gasteiger partial charge < -0.3 is 5.32 Å². The largest absolute Gasteiger partial charge is 0.306 e. The molecular weight excluding hydrogens is 334 g/mol. The molecule has 25 heavy (non-hydrogen) atoms. The van der Waals surface area contributed by atoms with Gasteiger partial charge in [-0.2, -0.15) is 0 Å². The quantitative estimate of drug-likeness (QED) is 0.675. The summed E-state index contributed by atoms with van der Waals surface area (Å²) in [5.41, 5.74) is 2.82. The second-order valence-corrected chi connectivity index (χ2v) is 5.94. The van der Waals surface area contributed by atoms with Crippen molar-refractivity contribution >= 4 is 29.4 Å². The molecule has 1 aromatic heterocycles. The van der Waals surface area contributed by atoms with Crippen LogP contribution in [0.1, 0.15) is 18.2 Å². The van der Waals surface area contributed by atoms with Crippen molar-refractivity contribution in [2.75, 3.05) is 5.32 Å². The van der Waals surface area contributed by atoms with Crippen LogP contribution in [0.25, 0.3) is 11.8 Å². The number of amides is 1. The van der Waals surface area contributed by atoms with Gasteiger partial charge in [-0.3, -0.25) is 4.79 Å². The zero-order valence-corrected chi connectivity index (χ0v) is 14.6. The van der Waals surface area contributed by atoms with Crippen molar-refractivity contribution < 1.29 is 4.79 Å². The van der Waals surface area contributed by atoms with Gasteiger partial charge >= 0.3 is 0 Å². The lowest BCUT2D eigenvalue weighted by atomic mass is 10.2. The van der Waals surface area contributed by atoms with Gasteiger partial charge in [0.25, 0.3) is 0 Å². The Kier molecular flexibility index (Phi) is 5.31. The lowest BCUT2D eigenvalue weighted by Gasteiger charge is -2.05. The van der Waals surface area contributed by atoms with Crippen LogP contribution in [0.2, 0.25) is 5.02 Å². The molecular formula is C20H18ClN3O. The third kappa shape index (κ3) is 4.37. The van der Waals surface area contributed by atoms with Crippen LogP contribution in [-0.4, -0.2) is 15.7 Å². The molecule has 0 unspecified atom stereocenters. The first kappa shape index (κ1) is 17.0. The Hall–Kier alpha value is -2.85. The fourth-order valence-corrected chi connectivity index (χ4v) is 2.65. The van der Waals surface area contributed by atoms with Crippen LogP contribution in [0.4, 0.5) is 5.82 Å². The summed E-state index contributed by atoms with van der Waals surface area (Å²) < 4.78 is 1.79. The average molecular weight is 352 g/mol. The van der Waals surface area contributed by atoms with Gasteiger partial charge in [0.05, 0.1) is 5.69 Å². The molecule has 1 N–H and O–H groups in total. The molecule has 126 valence electrons. The highest BCUT2D eigenvalue weighted by Gasteiger charge is 2.10. The number of carbonyl (C=O) groups is 1. The molecule has 0 bridgehead atoms. The molecule has 0 atom stereocenters. The third-order valence-electron chi connectivity index (χ3n) is 3.68. The summed E-state index contributed by atoms with van der Waals surface area (Å²) in [7, 11) is 0. The van der Waals surface area contributed by atoms with E-state index in [0.717, 1.165) is 23.4 Å². The van der Waals surface area contributed by atoms with Gasteiger partial charge in [-0.05, 0) is 36.3 Å². The van der Waals surface area contributed by atoms with Gasteiger partial charge in [0.2, 0.25) is 5.91 Å². The highest BCUT2D eigenvalue weighted by atomic mass is 35.5. The second kappa shape index (κ2) is 7.81. The summed E-state index contributed by atoms with van der Waals surface area (Å²) in [6.07, 6.45) is 4.05. The molecule has 1 heterocycles. The monoisotopic (exact) mass is 351 g/mol. The smallest absolute Gasteiger partial charge is 0.249 e. The lowest BCUT2D eigenvalue weighted by Crippen LogP contribution is -2.09. The number of aromatic nitrogens is 2. The number of carbonyl (C=O) groups excluding carboxylic acids is 1. The van der Waals surface area contributed by atoms with Crippen molar-refractivity contribution in [2.45, 2.75) is 13.3 Å². The van der Waals surface area contributed by atoms with E-state index in [0.29, 0.717) is 10.8 Å². The SMILES string of the molecule is CCc1cc(NC(=O)C=Cc2ccccc2)nn1-c1cccc(Cl)c1. The van der Waals surface area contributed by atoms with Gasteiger partial charge in [0, 0.05) is 22.9 Å². The maximum Gasteiger partial charge on any atom is 0.249 e. The Bertz CT molecular complexity index is 900. The fourth-order valence-electron chi connectivity index (χ4n) is 2.47. The van der Waals surface area contributed by atoms with Crippen LogP contribution >= 0.6 is 11.6 Å². The number of hydrogen-bond acceptors (Lipinski definition) is 2. The number of hydrogen-bond donors (Lipinski definition) is 1. The predicted octanol–water partition coefficient (Wildman–Crippen LogP) is 4.74. The first-order chi connectivity index (χ1) is 12.2. The normalized spacial score (nSPS) is 11.0. The Labute approximate surface area is 151 Å². The minimum absolute atomic E-state index is 0.220. The molecule has 0 radical (unpaired) electrons. The lowest BCUT2D eigenvalue weighted by molar-refractivity contribution is -0.111. The highest BCUT2D eigenvalue weighted by molar-refractivity contribution is 6.30. The average Bonchev–Trinajstić information content (AvgIpc) is 3.04. The van der Waals surface area contributed by atoms with Crippen LogP contribution in [0.5, 0.6) is 0 Å². The van der Waals surface area contributed by atoms with E-state index in [9.17, 15) is 4.79 Å². The number of halogens is 1. The van der Waals surface area contributed by atoms with Crippen molar-refractivity contribution in [2.24, 2.45) is 0 Å². The van der Waals surface area contributed by atoms with Crippen LogP contribution in [0, 0.1) is 0 Å². The number of nitrogens with one attached hydrogen (secondary N) is 1. The summed E-state index contributed by atoms with van der Waals surface area (Å²) >= 11 is 6.06. The van der Waals surface area contributed by atoms with E-state index in [2.05, 4.69) is 10.4 Å². The van der Waals surface area contributed by atoms with Crippen molar-refractivity contribution in [1.82, 2.24) is 9.78 Å². The summed E-state index contributed by atoms with van der Waals surface area (Å²) in [5, 5.41) is 7.93. The van der Waals surface area contributed by atoms with E-state index in [1.807, 2.05) is 67.6 Å². The molecule has 0 aliphatic rings. The molecule has 2 aromatic carbocycles. The molecule has 0 aliphatic carbocycles. The maximum atomic E-state index is 12.1. The van der Waals surface area contributed by atoms with Crippen molar-refractivity contribution in [3.63, 3.8) is 0 Å². The summed E-state index contributed by atoms with van der Waals surface area (Å²) in [6, 6.07) is 19.0. The minimum atomic E-state index is -0.220. The molecule has 0 saturated heterocycles. The van der Waals surface area contributed by atoms with Gasteiger partial charge in [-0.1, -0.05) is 54.9 Å². The Morgan fingerprint density at radius 2 is 1.96 bits per heavy atom. The zero-order valence-electron chi connectivity index (χ0n) is 13.8. The Balaban J connectivity index is 1.77. The molecule has 3 rings (SSSR count). The first-order valence-corrected chi connectivity index (χ1v) is 8.42. The molecule has 3 aromatic rings. The van der Waals surface area contributed by atoms with Gasteiger partial charge in [0.1, 0.15) is 0 Å². The van der Waals surface area contributed by atoms with E-state index >= 15 is 0 Å². The number of benzene rings is 2. The van der Waals surface area contributed by atoms with Crippen molar-refractivity contribution in [3.05, 3.63) is 83.0 Å². The van der Waals surface area contributed by atoms with Crippen molar-refractivity contribution in [1.29, 1.82) is 0 Å². The number of aryl methyl sites for hydroxylation is 1. The number of nitrogens with zero attached hydrogens (tertiary/aromatic N) is 2. The number of rotatable bonds is 5. The molecule has 0 aliphatic heterocycles. The maximum absolute atomic E-state index is 12.1. The van der Waals surface area contributed by atoms with E-state index in [1.54, 1.807) is 10.8 Å². The van der Waals surface area contributed by atoms with Gasteiger partial charge in [-0.25, -0.2) is 4.68 Å². The predicted molar refractivity (Wildman–Crippen MR) is 102 cm³/mol. The standard InChI is InChI=1S/C20H18ClN3O/c1-2-17-14-19(23-24(17)18-10-6-9-16(21)13-18)22-20(25)12-11-15-7-4-3-5-8-15/h3-14H,2H2,1H3,(H,22,23,25). The van der Waals surface area contributed by atoms with Gasteiger partial charge in [-0.15, -0.1) is 5.10 Å². The first-order valence-electron chi connectivity index (χ1n) is 8.04. The van der Waals surface area contributed by atoms with E-state index in [1.165, 1.54) is 6.08 Å². The fraction of sp³-hybridized carbons (Fsp3) is 0.100. The minimum Gasteiger partial charge on any atom is -0.306 e. The highest BCUT2D eigenvalue weighted by Crippen LogP contribution is 2.19. The van der Waals surface area contributed by atoms with E-state index in [4.69, 9.17) is 11.6 Å². The molecule has 1 amide bonds. The molecule has 5 heteroatoms. The Morgan fingerprint density at radius 3 is 2.68 bits per heavy atom. The zero-order chi connectivity index (χ0) is 17.6. The van der Waals surface area contributed by atoms with Crippen LogP contribution in [0.3, 0.4) is 0 Å². The van der Waals surface area contributed by atoms with Gasteiger partial charge in [0.15, 0.2) is 5.82 Å². The summed E-state index contributed by atoms with van der Waals surface area (Å²) in [5.74, 6) is 0.293. The topological polar surface area (TPSA) is 46.9 Å². The van der Waals surface area contributed by atoms with Crippen molar-refractivity contribution in [3.8, 4) is 5.69 Å². The van der Waals surface area contributed by atoms with Crippen LogP contribution in [0.15, 0.2) is 66.7 Å². The van der Waals surface area contributed by atoms with E-state index < -0.39 is 0 Å². The second-order valence-electron chi connectivity index (χ2n) is 5.50. The van der Waals surface area contributed by atoms with Crippen LogP contribution in [-0.2, 0) is 11.2 Å². The number of anilines is 1. The summed E-state index contributed by atoms with van der Waals surface area (Å²) in [4.78, 5) is 12.1. The molecule has 0 saturated carbocycles. The molecule has 0 fully saturated rings. The molecule has 4 nitrogen and oxygen atoms in total. The Morgan fingerprint density at radius 1 is 1.16 bits per heavy atom. The third-order valence-corrected chi connectivity index (χ3v) is 3.91.